The van der Waals surface area contributed by atoms with E-state index in [1.165, 1.54) is 16.7 Å². The zero-order valence-corrected chi connectivity index (χ0v) is 11.1. The molecule has 0 aromatic heterocycles. The smallest absolute Gasteiger partial charge is 0.353 e. The van der Waals surface area contributed by atoms with E-state index in [9.17, 15) is 14.7 Å². The Balaban J connectivity index is 2.16. The number of carboxylic acid groups (broad SMARTS) is 1. The highest BCUT2D eigenvalue weighted by Crippen LogP contribution is 2.47. The molecule has 0 bridgehead atoms. The molecular formula is C12H16N2O4S. The fourth-order valence-electron chi connectivity index (χ4n) is 2.50. The Kier molecular flexibility index (Phi) is 4.28. The number of rotatable bonds is 6. The van der Waals surface area contributed by atoms with E-state index < -0.39 is 5.97 Å². The average Bonchev–Trinajstić information content (AvgIpc) is 2.72. The zero-order valence-electron chi connectivity index (χ0n) is 10.3. The van der Waals surface area contributed by atoms with Crippen molar-refractivity contribution in [3.63, 3.8) is 0 Å². The van der Waals surface area contributed by atoms with Crippen LogP contribution in [0.3, 0.4) is 0 Å². The molecule has 0 radical (unpaired) electrons. The van der Waals surface area contributed by atoms with Crippen LogP contribution in [0.4, 0.5) is 0 Å². The van der Waals surface area contributed by atoms with Crippen molar-refractivity contribution in [2.24, 2.45) is 11.7 Å². The maximum absolute atomic E-state index is 11.9. The molecule has 2 rings (SSSR count). The minimum Gasteiger partial charge on any atom is -0.477 e. The lowest BCUT2D eigenvalue weighted by atomic mass is 9.85. The number of aliphatic hydroxyl groups is 1. The Morgan fingerprint density at radius 1 is 1.58 bits per heavy atom. The third-order valence-electron chi connectivity index (χ3n) is 3.34. The number of amides is 1. The van der Waals surface area contributed by atoms with Crippen molar-refractivity contribution in [1.82, 2.24) is 4.90 Å². The highest BCUT2D eigenvalue weighted by Gasteiger charge is 2.54. The molecule has 0 spiro atoms. The molecule has 0 unspecified atom stereocenters. The number of thioether (sulfide) groups is 1. The Morgan fingerprint density at radius 3 is 2.89 bits per heavy atom. The van der Waals surface area contributed by atoms with Crippen molar-refractivity contribution < 1.29 is 19.8 Å². The molecule has 2 atom stereocenters. The van der Waals surface area contributed by atoms with E-state index in [2.05, 4.69) is 0 Å². The molecular weight excluding hydrogens is 268 g/mol. The van der Waals surface area contributed by atoms with Crippen LogP contribution < -0.4 is 5.73 Å². The monoisotopic (exact) mass is 284 g/mol. The molecule has 1 fully saturated rings. The largest absolute Gasteiger partial charge is 0.477 e. The van der Waals surface area contributed by atoms with E-state index in [1.807, 2.05) is 0 Å². The number of hydrogen-bond acceptors (Lipinski definition) is 5. The lowest BCUT2D eigenvalue weighted by Crippen LogP contribution is -2.58. The van der Waals surface area contributed by atoms with E-state index in [4.69, 9.17) is 10.8 Å². The predicted octanol–water partition coefficient (Wildman–Crippen LogP) is 0.101. The van der Waals surface area contributed by atoms with Gasteiger partial charge in [0, 0.05) is 24.5 Å². The molecule has 0 aromatic carbocycles. The van der Waals surface area contributed by atoms with Crippen molar-refractivity contribution in [2.45, 2.75) is 18.9 Å². The molecule has 0 aromatic rings. The number of carbonyl (C=O) groups excluding carboxylic acids is 1. The molecule has 1 saturated heterocycles. The summed E-state index contributed by atoms with van der Waals surface area (Å²) in [5, 5.41) is 19.9. The lowest BCUT2D eigenvalue weighted by Gasteiger charge is -2.43. The summed E-state index contributed by atoms with van der Waals surface area (Å²) in [6.07, 6.45) is 2.67. The van der Waals surface area contributed by atoms with E-state index in [-0.39, 0.29) is 30.2 Å². The van der Waals surface area contributed by atoms with Gasteiger partial charge in [0.15, 0.2) is 0 Å². The second kappa shape index (κ2) is 5.77. The number of carboxylic acids is 1. The van der Waals surface area contributed by atoms with Crippen molar-refractivity contribution in [2.75, 3.05) is 13.2 Å². The van der Waals surface area contributed by atoms with Crippen molar-refractivity contribution in [3.05, 3.63) is 22.1 Å². The van der Waals surface area contributed by atoms with Crippen LogP contribution in [0.5, 0.6) is 0 Å². The third kappa shape index (κ3) is 2.41. The van der Waals surface area contributed by atoms with Gasteiger partial charge >= 0.3 is 5.97 Å². The van der Waals surface area contributed by atoms with Gasteiger partial charge in [-0.2, -0.15) is 0 Å². The van der Waals surface area contributed by atoms with Gasteiger partial charge in [0.1, 0.15) is 5.70 Å². The van der Waals surface area contributed by atoms with Crippen molar-refractivity contribution in [1.29, 1.82) is 0 Å². The number of carbonyl (C=O) groups is 2. The minimum absolute atomic E-state index is 0.0568. The Bertz CT molecular complexity index is 461. The third-order valence-corrected chi connectivity index (χ3v) is 4.31. The quantitative estimate of drug-likeness (QED) is 0.598. The molecule has 1 amide bonds. The Labute approximate surface area is 114 Å². The highest BCUT2D eigenvalue weighted by molar-refractivity contribution is 8.05. The van der Waals surface area contributed by atoms with Gasteiger partial charge < -0.3 is 20.8 Å². The first-order valence-corrected chi connectivity index (χ1v) is 6.91. The number of nitrogens with zero attached hydrogens (tertiary/aromatic N) is 1. The van der Waals surface area contributed by atoms with Gasteiger partial charge in [0.25, 0.3) is 0 Å². The van der Waals surface area contributed by atoms with E-state index in [1.54, 1.807) is 11.5 Å². The average molecular weight is 284 g/mol. The van der Waals surface area contributed by atoms with Gasteiger partial charge in [-0.25, -0.2) is 4.79 Å². The van der Waals surface area contributed by atoms with Crippen LogP contribution >= 0.6 is 11.8 Å². The number of aliphatic carboxylic acids is 1. The maximum Gasteiger partial charge on any atom is 0.353 e. The van der Waals surface area contributed by atoms with E-state index in [0.29, 0.717) is 24.3 Å². The molecule has 2 aliphatic rings. The molecule has 2 heterocycles. The lowest BCUT2D eigenvalue weighted by molar-refractivity contribution is -0.155. The van der Waals surface area contributed by atoms with Gasteiger partial charge in [0.05, 0.1) is 12.0 Å². The fraction of sp³-hybridized carbons (Fsp3) is 0.500. The van der Waals surface area contributed by atoms with Crippen LogP contribution in [0.15, 0.2) is 22.1 Å². The zero-order chi connectivity index (χ0) is 14.0. The number of fused-ring (bicyclic) bond motifs is 1. The van der Waals surface area contributed by atoms with Gasteiger partial charge in [0.2, 0.25) is 5.91 Å². The van der Waals surface area contributed by atoms with Gasteiger partial charge in [-0.15, -0.1) is 11.8 Å². The molecule has 104 valence electrons. The Morgan fingerprint density at radius 2 is 2.32 bits per heavy atom. The summed E-state index contributed by atoms with van der Waals surface area (Å²) in [5.41, 5.74) is 5.41. The SMILES string of the molecule is NC/C=C/SC1=C(C(=O)O)N2C(=O)[C@@H](CCO)[C@H]2C1. The van der Waals surface area contributed by atoms with Crippen LogP contribution in [0, 0.1) is 5.92 Å². The van der Waals surface area contributed by atoms with Crippen LogP contribution in [0.2, 0.25) is 0 Å². The first-order chi connectivity index (χ1) is 9.11. The molecule has 0 saturated carbocycles. The number of nitrogens with two attached hydrogens (primary N) is 1. The first kappa shape index (κ1) is 14.1. The maximum atomic E-state index is 11.9. The standard InChI is InChI=1S/C12H16N2O4S/c13-3-1-5-19-9-6-8-7(2-4-15)11(16)14(8)10(9)12(17)18/h1,5,7-8,15H,2-4,6,13H2,(H,17,18)/b5-1+/t7-,8+/m0/s1. The summed E-state index contributed by atoms with van der Waals surface area (Å²) >= 11 is 1.30. The molecule has 7 heteroatoms. The normalized spacial score (nSPS) is 26.0. The Hall–Kier alpha value is -1.31. The van der Waals surface area contributed by atoms with Crippen LogP contribution in [0.1, 0.15) is 12.8 Å². The van der Waals surface area contributed by atoms with Gasteiger partial charge in [-0.05, 0) is 11.8 Å². The number of β-lactam (4-membered cyclic amide) rings is 1. The summed E-state index contributed by atoms with van der Waals surface area (Å²) in [6.45, 7) is 0.334. The predicted molar refractivity (Wildman–Crippen MR) is 70.9 cm³/mol. The molecule has 4 N–H and O–H groups in total. The van der Waals surface area contributed by atoms with E-state index in [0.717, 1.165) is 0 Å². The second-order valence-electron chi connectivity index (χ2n) is 4.40. The van der Waals surface area contributed by atoms with E-state index >= 15 is 0 Å². The fourth-order valence-corrected chi connectivity index (χ4v) is 3.44. The minimum atomic E-state index is -1.08. The number of aliphatic hydroxyl groups excluding tert-OH is 1. The summed E-state index contributed by atoms with van der Waals surface area (Å²) < 4.78 is 0. The molecule has 19 heavy (non-hydrogen) atoms. The van der Waals surface area contributed by atoms with Crippen molar-refractivity contribution in [3.8, 4) is 0 Å². The summed E-state index contributed by atoms with van der Waals surface area (Å²) in [6, 6.07) is -0.112. The summed E-state index contributed by atoms with van der Waals surface area (Å²) in [5.74, 6) is -1.53. The van der Waals surface area contributed by atoms with Crippen LogP contribution in [-0.4, -0.2) is 46.2 Å². The summed E-state index contributed by atoms with van der Waals surface area (Å²) in [4.78, 5) is 25.2. The summed E-state index contributed by atoms with van der Waals surface area (Å²) in [7, 11) is 0. The van der Waals surface area contributed by atoms with Gasteiger partial charge in [-0.1, -0.05) is 6.08 Å². The first-order valence-electron chi connectivity index (χ1n) is 6.04. The van der Waals surface area contributed by atoms with Crippen LogP contribution in [0.25, 0.3) is 0 Å². The number of hydrogen-bond donors (Lipinski definition) is 3. The molecule has 0 aliphatic carbocycles. The van der Waals surface area contributed by atoms with Crippen LogP contribution in [-0.2, 0) is 9.59 Å². The van der Waals surface area contributed by atoms with Crippen molar-refractivity contribution >= 4 is 23.6 Å². The molecule has 6 nitrogen and oxygen atoms in total. The van der Waals surface area contributed by atoms with Gasteiger partial charge in [-0.3, -0.25) is 4.79 Å². The topological polar surface area (TPSA) is 104 Å². The second-order valence-corrected chi connectivity index (χ2v) is 5.40. The molecule has 2 aliphatic heterocycles. The highest BCUT2D eigenvalue weighted by atomic mass is 32.2.